The number of fused-ring (bicyclic) bond motifs is 1. The Labute approximate surface area is 135 Å². The van der Waals surface area contributed by atoms with E-state index in [-0.39, 0.29) is 32.4 Å². The number of carbonyl (C=O) groups is 1. The Balaban J connectivity index is 2.80. The number of nitrogens with zero attached hydrogens (tertiary/aromatic N) is 1. The number of nitrogen functional groups attached to an aromatic ring is 1. The molecule has 0 unspecified atom stereocenters. The maximum absolute atomic E-state index is 13.5. The Morgan fingerprint density at radius 1 is 1.39 bits per heavy atom. The lowest BCUT2D eigenvalue weighted by atomic mass is 10.0. The molecule has 1 amide bonds. The minimum atomic E-state index is -4.56. The van der Waals surface area contributed by atoms with Gasteiger partial charge < -0.3 is 11.1 Å². The Hall–Kier alpha value is -1.83. The van der Waals surface area contributed by atoms with Gasteiger partial charge in [0.05, 0.1) is 11.3 Å². The molecule has 0 atom stereocenters. The molecule has 23 heavy (non-hydrogen) atoms. The van der Waals surface area contributed by atoms with Gasteiger partial charge in [0.15, 0.2) is 0 Å². The average molecular weight is 345 g/mol. The van der Waals surface area contributed by atoms with E-state index in [1.54, 1.807) is 20.8 Å². The molecule has 0 aliphatic carbocycles. The summed E-state index contributed by atoms with van der Waals surface area (Å²) >= 11 is 0.894. The molecule has 4 nitrogen and oxygen atoms in total. The molecule has 0 saturated carbocycles. The molecule has 2 aromatic heterocycles. The monoisotopic (exact) mass is 345 g/mol. The predicted octanol–water partition coefficient (Wildman–Crippen LogP) is 3.91. The summed E-state index contributed by atoms with van der Waals surface area (Å²) in [6.07, 6.45) is -4.19. The van der Waals surface area contributed by atoms with Crippen molar-refractivity contribution in [2.24, 2.45) is 0 Å². The highest BCUT2D eigenvalue weighted by Crippen LogP contribution is 2.44. The number of nitrogens with one attached hydrogen (secondary N) is 1. The number of anilines is 1. The fraction of sp³-hybridized carbons (Fsp3) is 0.467. The molecule has 0 fully saturated rings. The Morgan fingerprint density at radius 2 is 2.00 bits per heavy atom. The molecule has 0 saturated heterocycles. The van der Waals surface area contributed by atoms with E-state index in [0.717, 1.165) is 11.3 Å². The summed E-state index contributed by atoms with van der Waals surface area (Å²) < 4.78 is 40.5. The third-order valence-electron chi connectivity index (χ3n) is 3.47. The fourth-order valence-corrected chi connectivity index (χ4v) is 3.51. The normalized spacial score (nSPS) is 12.2. The number of pyridine rings is 1. The van der Waals surface area contributed by atoms with Crippen molar-refractivity contribution in [2.75, 3.05) is 5.73 Å². The Kier molecular flexibility index (Phi) is 4.57. The number of amides is 1. The van der Waals surface area contributed by atoms with Gasteiger partial charge in [-0.25, -0.2) is 4.98 Å². The van der Waals surface area contributed by atoms with Gasteiger partial charge in [-0.15, -0.1) is 11.3 Å². The van der Waals surface area contributed by atoms with Crippen LogP contribution in [-0.4, -0.2) is 16.9 Å². The van der Waals surface area contributed by atoms with Crippen LogP contribution < -0.4 is 11.1 Å². The first-order valence-electron chi connectivity index (χ1n) is 7.17. The van der Waals surface area contributed by atoms with Gasteiger partial charge in [-0.2, -0.15) is 13.2 Å². The molecule has 2 aromatic rings. The van der Waals surface area contributed by atoms with Gasteiger partial charge in [-0.05, 0) is 32.8 Å². The minimum Gasteiger partial charge on any atom is -0.397 e. The quantitative estimate of drug-likeness (QED) is 0.886. The van der Waals surface area contributed by atoms with Gasteiger partial charge in [0, 0.05) is 17.1 Å². The largest absolute Gasteiger partial charge is 0.417 e. The van der Waals surface area contributed by atoms with Crippen LogP contribution in [0, 0.1) is 6.92 Å². The van der Waals surface area contributed by atoms with Crippen LogP contribution in [0.4, 0.5) is 18.9 Å². The first-order chi connectivity index (χ1) is 10.6. The Morgan fingerprint density at radius 3 is 2.48 bits per heavy atom. The molecule has 0 aliphatic rings. The molecule has 0 bridgehead atoms. The molecule has 0 radical (unpaired) electrons. The molecule has 126 valence electrons. The number of rotatable bonds is 3. The number of hydrogen-bond donors (Lipinski definition) is 2. The van der Waals surface area contributed by atoms with Gasteiger partial charge in [0.1, 0.15) is 9.71 Å². The lowest BCUT2D eigenvalue weighted by Gasteiger charge is -2.15. The van der Waals surface area contributed by atoms with Crippen molar-refractivity contribution in [3.8, 4) is 0 Å². The topological polar surface area (TPSA) is 68.0 Å². The lowest BCUT2D eigenvalue weighted by Crippen LogP contribution is -2.29. The third kappa shape index (κ3) is 3.12. The van der Waals surface area contributed by atoms with E-state index in [1.807, 2.05) is 0 Å². The summed E-state index contributed by atoms with van der Waals surface area (Å²) in [6.45, 7) is 6.66. The molecule has 0 spiro atoms. The highest BCUT2D eigenvalue weighted by Gasteiger charge is 2.38. The maximum Gasteiger partial charge on any atom is 0.417 e. The van der Waals surface area contributed by atoms with Crippen molar-refractivity contribution in [3.05, 3.63) is 21.7 Å². The molecule has 3 N–H and O–H groups in total. The van der Waals surface area contributed by atoms with Gasteiger partial charge in [0.2, 0.25) is 0 Å². The first kappa shape index (κ1) is 17.5. The SMILES string of the molecule is CCc1nc2sc(C(=O)NC(C)C)c(N)c2c(C(F)(F)F)c1C. The van der Waals surface area contributed by atoms with Crippen molar-refractivity contribution in [1.29, 1.82) is 0 Å². The van der Waals surface area contributed by atoms with Crippen molar-refractivity contribution in [2.45, 2.75) is 46.3 Å². The van der Waals surface area contributed by atoms with E-state index in [2.05, 4.69) is 10.3 Å². The maximum atomic E-state index is 13.5. The number of aryl methyl sites for hydroxylation is 1. The van der Waals surface area contributed by atoms with Crippen molar-refractivity contribution in [3.63, 3.8) is 0 Å². The zero-order chi connectivity index (χ0) is 17.5. The van der Waals surface area contributed by atoms with E-state index in [4.69, 9.17) is 5.73 Å². The minimum absolute atomic E-state index is 0.0628. The molecule has 2 rings (SSSR count). The number of hydrogen-bond acceptors (Lipinski definition) is 4. The lowest BCUT2D eigenvalue weighted by molar-refractivity contribution is -0.136. The van der Waals surface area contributed by atoms with Gasteiger partial charge in [-0.1, -0.05) is 6.92 Å². The van der Waals surface area contributed by atoms with E-state index < -0.39 is 17.6 Å². The number of aromatic nitrogens is 1. The zero-order valence-corrected chi connectivity index (χ0v) is 14.1. The van der Waals surface area contributed by atoms with Crippen LogP contribution in [-0.2, 0) is 12.6 Å². The van der Waals surface area contributed by atoms with Crippen LogP contribution in [0.25, 0.3) is 10.2 Å². The summed E-state index contributed by atoms with van der Waals surface area (Å²) in [5, 5.41) is 2.47. The molecular weight excluding hydrogens is 327 g/mol. The fourth-order valence-electron chi connectivity index (χ4n) is 2.48. The second-order valence-electron chi connectivity index (χ2n) is 5.56. The summed E-state index contributed by atoms with van der Waals surface area (Å²) in [7, 11) is 0. The Bertz CT molecular complexity index is 766. The van der Waals surface area contributed by atoms with Crippen molar-refractivity contribution >= 4 is 33.1 Å². The van der Waals surface area contributed by atoms with Crippen LogP contribution >= 0.6 is 11.3 Å². The second-order valence-corrected chi connectivity index (χ2v) is 6.56. The average Bonchev–Trinajstić information content (AvgIpc) is 2.73. The molecule has 0 aliphatic heterocycles. The van der Waals surface area contributed by atoms with Crippen molar-refractivity contribution < 1.29 is 18.0 Å². The van der Waals surface area contributed by atoms with Crippen molar-refractivity contribution in [1.82, 2.24) is 10.3 Å². The summed E-state index contributed by atoms with van der Waals surface area (Å²) in [5.41, 5.74) is 5.36. The van der Waals surface area contributed by atoms with Crippen LogP contribution in [0.15, 0.2) is 0 Å². The van der Waals surface area contributed by atoms with Crippen LogP contribution in [0.1, 0.15) is 47.3 Å². The number of nitrogens with two attached hydrogens (primary N) is 1. The van der Waals surface area contributed by atoms with Gasteiger partial charge >= 0.3 is 6.18 Å². The summed E-state index contributed by atoms with van der Waals surface area (Å²) in [6, 6.07) is -0.143. The number of thiophene rings is 1. The second kappa shape index (κ2) is 5.99. The smallest absolute Gasteiger partial charge is 0.397 e. The molecule has 0 aromatic carbocycles. The highest BCUT2D eigenvalue weighted by molar-refractivity contribution is 7.21. The van der Waals surface area contributed by atoms with E-state index in [9.17, 15) is 18.0 Å². The molecular formula is C15H18F3N3OS. The van der Waals surface area contributed by atoms with Crippen LogP contribution in [0.5, 0.6) is 0 Å². The number of carbonyl (C=O) groups excluding carboxylic acids is 1. The van der Waals surface area contributed by atoms with Gasteiger partial charge in [0.25, 0.3) is 5.91 Å². The highest BCUT2D eigenvalue weighted by atomic mass is 32.1. The van der Waals surface area contributed by atoms with E-state index in [0.29, 0.717) is 12.1 Å². The van der Waals surface area contributed by atoms with E-state index >= 15 is 0 Å². The number of halogens is 3. The first-order valence-corrected chi connectivity index (χ1v) is 7.99. The molecule has 2 heterocycles. The van der Waals surface area contributed by atoms with Crippen LogP contribution in [0.2, 0.25) is 0 Å². The summed E-state index contributed by atoms with van der Waals surface area (Å²) in [5.74, 6) is -0.482. The van der Waals surface area contributed by atoms with E-state index in [1.165, 1.54) is 6.92 Å². The predicted molar refractivity (Wildman–Crippen MR) is 85.8 cm³/mol. The standard InChI is InChI=1S/C15H18F3N3OS/c1-5-8-7(4)10(15(16,17)18)9-11(19)12(23-14(9)21-8)13(22)20-6(2)3/h6H,5,19H2,1-4H3,(H,20,22). The van der Waals surface area contributed by atoms with Crippen LogP contribution in [0.3, 0.4) is 0 Å². The number of alkyl halides is 3. The third-order valence-corrected chi connectivity index (χ3v) is 4.56. The molecule has 8 heteroatoms. The van der Waals surface area contributed by atoms with Gasteiger partial charge in [-0.3, -0.25) is 4.79 Å². The summed E-state index contributed by atoms with van der Waals surface area (Å²) in [4.78, 5) is 16.6. The zero-order valence-electron chi connectivity index (χ0n) is 13.3.